The number of hydrogen-bond donors (Lipinski definition) is 0. The molecule has 0 N–H and O–H groups in total. The third kappa shape index (κ3) is 5.55. The molecule has 0 fully saturated rings. The smallest absolute Gasteiger partial charge is 0.260 e. The zero-order valence-electron chi connectivity index (χ0n) is 19.7. The number of hydrogen-bond acceptors (Lipinski definition) is 6. The normalized spacial score (nSPS) is 11.1. The van der Waals surface area contributed by atoms with Crippen LogP contribution in [0.25, 0.3) is 10.2 Å². The van der Waals surface area contributed by atoms with Crippen molar-refractivity contribution in [2.45, 2.75) is 13.8 Å². The minimum absolute atomic E-state index is 0.100. The summed E-state index contributed by atoms with van der Waals surface area (Å²) in [4.78, 5) is 22.6. The van der Waals surface area contributed by atoms with E-state index in [1.165, 1.54) is 11.3 Å². The molecule has 6 nitrogen and oxygen atoms in total. The standard InChI is InChI=1S/C27H29N3O3S/c1-4-29(5-2)16-17-30(27-28-24-15-14-22(32-3)19-25(24)34-27)26(31)20-10-9-13-23(18-20)33-21-11-7-6-8-12-21/h6-15,18-19H,4-5,16-17H2,1-3H3. The summed E-state index contributed by atoms with van der Waals surface area (Å²) in [5.74, 6) is 2.02. The Labute approximate surface area is 204 Å². The van der Waals surface area contributed by atoms with Crippen molar-refractivity contribution in [1.82, 2.24) is 9.88 Å². The Morgan fingerprint density at radius 3 is 2.38 bits per heavy atom. The molecule has 0 spiro atoms. The van der Waals surface area contributed by atoms with E-state index in [1.54, 1.807) is 18.1 Å². The molecular formula is C27H29N3O3S. The quantitative estimate of drug-likeness (QED) is 0.278. The molecule has 1 aromatic heterocycles. The van der Waals surface area contributed by atoms with Gasteiger partial charge in [-0.1, -0.05) is 49.4 Å². The molecule has 0 aliphatic rings. The van der Waals surface area contributed by atoms with Gasteiger partial charge in [-0.15, -0.1) is 0 Å². The second-order valence-electron chi connectivity index (χ2n) is 7.76. The van der Waals surface area contributed by atoms with Crippen LogP contribution in [0.3, 0.4) is 0 Å². The second-order valence-corrected chi connectivity index (χ2v) is 8.77. The number of fused-ring (bicyclic) bond motifs is 1. The van der Waals surface area contributed by atoms with E-state index >= 15 is 0 Å². The highest BCUT2D eigenvalue weighted by molar-refractivity contribution is 7.22. The van der Waals surface area contributed by atoms with Crippen molar-refractivity contribution < 1.29 is 14.3 Å². The fourth-order valence-electron chi connectivity index (χ4n) is 3.67. The van der Waals surface area contributed by atoms with Gasteiger partial charge in [-0.25, -0.2) is 4.98 Å². The molecule has 3 aromatic carbocycles. The Morgan fingerprint density at radius 1 is 0.882 bits per heavy atom. The molecule has 0 saturated heterocycles. The zero-order chi connectivity index (χ0) is 23.9. The maximum atomic E-state index is 13.7. The average molecular weight is 476 g/mol. The average Bonchev–Trinajstić information content (AvgIpc) is 3.30. The molecule has 1 heterocycles. The predicted molar refractivity (Wildman–Crippen MR) is 139 cm³/mol. The Morgan fingerprint density at radius 2 is 1.65 bits per heavy atom. The predicted octanol–water partition coefficient (Wildman–Crippen LogP) is 6.09. The lowest BCUT2D eigenvalue weighted by molar-refractivity contribution is 0.0983. The van der Waals surface area contributed by atoms with Gasteiger partial charge in [0.2, 0.25) is 0 Å². The van der Waals surface area contributed by atoms with Gasteiger partial charge in [0.05, 0.1) is 17.3 Å². The number of nitrogens with zero attached hydrogens (tertiary/aromatic N) is 3. The Kier molecular flexibility index (Phi) is 7.77. The van der Waals surface area contributed by atoms with Crippen LogP contribution in [-0.4, -0.2) is 49.1 Å². The summed E-state index contributed by atoms with van der Waals surface area (Å²) < 4.78 is 12.3. The van der Waals surface area contributed by atoms with Gasteiger partial charge in [0.25, 0.3) is 5.91 Å². The molecule has 1 amide bonds. The van der Waals surface area contributed by atoms with Crippen LogP contribution in [0.1, 0.15) is 24.2 Å². The molecule has 4 aromatic rings. The van der Waals surface area contributed by atoms with Crippen molar-refractivity contribution in [1.29, 1.82) is 0 Å². The number of para-hydroxylation sites is 1. The molecule has 0 radical (unpaired) electrons. The van der Waals surface area contributed by atoms with Crippen LogP contribution in [0.2, 0.25) is 0 Å². The summed E-state index contributed by atoms with van der Waals surface area (Å²) in [5, 5.41) is 0.676. The number of carbonyl (C=O) groups excluding carboxylic acids is 1. The number of anilines is 1. The van der Waals surface area contributed by atoms with Gasteiger partial charge in [-0.2, -0.15) is 0 Å². The van der Waals surface area contributed by atoms with Crippen LogP contribution < -0.4 is 14.4 Å². The summed E-state index contributed by atoms with van der Waals surface area (Å²) in [6, 6.07) is 22.6. The fourth-order valence-corrected chi connectivity index (χ4v) is 4.69. The Balaban J connectivity index is 1.64. The molecular weight excluding hydrogens is 446 g/mol. The van der Waals surface area contributed by atoms with Gasteiger partial charge in [0.15, 0.2) is 5.13 Å². The number of methoxy groups -OCH3 is 1. The molecule has 7 heteroatoms. The molecule has 34 heavy (non-hydrogen) atoms. The van der Waals surface area contributed by atoms with E-state index in [1.807, 2.05) is 66.7 Å². The van der Waals surface area contributed by atoms with E-state index in [4.69, 9.17) is 14.5 Å². The van der Waals surface area contributed by atoms with Gasteiger partial charge in [-0.3, -0.25) is 9.69 Å². The van der Waals surface area contributed by atoms with Crippen molar-refractivity contribution in [2.24, 2.45) is 0 Å². The van der Waals surface area contributed by atoms with E-state index in [2.05, 4.69) is 18.7 Å². The first-order chi connectivity index (χ1) is 16.6. The van der Waals surface area contributed by atoms with Crippen LogP contribution in [0.4, 0.5) is 5.13 Å². The number of carbonyl (C=O) groups is 1. The van der Waals surface area contributed by atoms with Gasteiger partial charge < -0.3 is 14.4 Å². The fraction of sp³-hybridized carbons (Fsp3) is 0.259. The SMILES string of the molecule is CCN(CC)CCN(C(=O)c1cccc(Oc2ccccc2)c1)c1nc2ccc(OC)cc2s1. The van der Waals surface area contributed by atoms with Gasteiger partial charge in [0.1, 0.15) is 17.2 Å². The summed E-state index contributed by atoms with van der Waals surface area (Å²) in [7, 11) is 1.65. The third-order valence-electron chi connectivity index (χ3n) is 5.65. The van der Waals surface area contributed by atoms with Crippen molar-refractivity contribution in [3.63, 3.8) is 0 Å². The minimum atomic E-state index is -0.100. The molecule has 0 saturated carbocycles. The molecule has 4 rings (SSSR count). The molecule has 0 atom stereocenters. The van der Waals surface area contributed by atoms with Gasteiger partial charge >= 0.3 is 0 Å². The van der Waals surface area contributed by atoms with E-state index in [9.17, 15) is 4.79 Å². The summed E-state index contributed by atoms with van der Waals surface area (Å²) >= 11 is 1.50. The third-order valence-corrected chi connectivity index (χ3v) is 6.70. The molecule has 176 valence electrons. The van der Waals surface area contributed by atoms with E-state index in [0.29, 0.717) is 23.0 Å². The number of ether oxygens (including phenoxy) is 2. The molecule has 0 aliphatic carbocycles. The first kappa shape index (κ1) is 23.7. The van der Waals surface area contributed by atoms with Crippen LogP contribution in [0, 0.1) is 0 Å². The van der Waals surface area contributed by atoms with Crippen LogP contribution in [-0.2, 0) is 0 Å². The van der Waals surface area contributed by atoms with Crippen molar-refractivity contribution in [3.05, 3.63) is 78.4 Å². The number of aromatic nitrogens is 1. The molecule has 0 aliphatic heterocycles. The lowest BCUT2D eigenvalue weighted by Gasteiger charge is -2.25. The van der Waals surface area contributed by atoms with E-state index in [-0.39, 0.29) is 5.91 Å². The summed E-state index contributed by atoms with van der Waals surface area (Å²) in [5.41, 5.74) is 1.41. The largest absolute Gasteiger partial charge is 0.497 e. The number of rotatable bonds is 10. The zero-order valence-corrected chi connectivity index (χ0v) is 20.5. The summed E-state index contributed by atoms with van der Waals surface area (Å²) in [6.07, 6.45) is 0. The molecule has 0 unspecified atom stereocenters. The maximum Gasteiger partial charge on any atom is 0.260 e. The Hall–Kier alpha value is -3.42. The van der Waals surface area contributed by atoms with E-state index in [0.717, 1.165) is 41.3 Å². The van der Waals surface area contributed by atoms with Crippen molar-refractivity contribution in [2.75, 3.05) is 38.2 Å². The van der Waals surface area contributed by atoms with Crippen LogP contribution in [0.5, 0.6) is 17.2 Å². The second kappa shape index (κ2) is 11.1. The first-order valence-corrected chi connectivity index (χ1v) is 12.2. The number of benzene rings is 3. The number of amides is 1. The highest BCUT2D eigenvalue weighted by Gasteiger charge is 2.22. The lowest BCUT2D eigenvalue weighted by atomic mass is 10.2. The monoisotopic (exact) mass is 475 g/mol. The molecule has 0 bridgehead atoms. The topological polar surface area (TPSA) is 54.9 Å². The van der Waals surface area contributed by atoms with E-state index < -0.39 is 0 Å². The van der Waals surface area contributed by atoms with Crippen molar-refractivity contribution in [3.8, 4) is 17.2 Å². The first-order valence-electron chi connectivity index (χ1n) is 11.4. The lowest BCUT2D eigenvalue weighted by Crippen LogP contribution is -2.38. The van der Waals surface area contributed by atoms with Crippen LogP contribution >= 0.6 is 11.3 Å². The number of thiazole rings is 1. The maximum absolute atomic E-state index is 13.7. The minimum Gasteiger partial charge on any atom is -0.497 e. The highest BCUT2D eigenvalue weighted by atomic mass is 32.1. The number of likely N-dealkylation sites (N-methyl/N-ethyl adjacent to an activating group) is 1. The van der Waals surface area contributed by atoms with Gasteiger partial charge in [-0.05, 0) is 61.6 Å². The van der Waals surface area contributed by atoms with Gasteiger partial charge in [0, 0.05) is 18.7 Å². The Bertz CT molecular complexity index is 1240. The van der Waals surface area contributed by atoms with Crippen LogP contribution in [0.15, 0.2) is 72.8 Å². The van der Waals surface area contributed by atoms with Crippen molar-refractivity contribution >= 4 is 32.6 Å². The summed E-state index contributed by atoms with van der Waals surface area (Å²) in [6.45, 7) is 7.42. The highest BCUT2D eigenvalue weighted by Crippen LogP contribution is 2.32.